The van der Waals surface area contributed by atoms with E-state index in [1.807, 2.05) is 25.1 Å². The molecule has 1 aromatic heterocycles. The van der Waals surface area contributed by atoms with Crippen LogP contribution in [-0.4, -0.2) is 22.6 Å². The second kappa shape index (κ2) is 5.67. The molecule has 1 saturated carbocycles. The average molecular weight is 391 g/mol. The number of nitrogens with two attached hydrogens (primary N) is 1. The molecule has 1 aliphatic carbocycles. The standard InChI is InChI=1S/C17H19BrN4O2/c1-10-7-12(3-4-13(10)18)22-9-11(8-14(22)23)15-20-16(21-24-15)17(19)5-2-6-17/h3-4,7,11H,2,5-6,8-9,19H2,1H3. The molecule has 1 unspecified atom stereocenters. The Labute approximate surface area is 148 Å². The number of carbonyl (C=O) groups excluding carboxylic acids is 1. The summed E-state index contributed by atoms with van der Waals surface area (Å²) in [5.74, 6) is 1.10. The lowest BCUT2D eigenvalue weighted by molar-refractivity contribution is -0.117. The molecule has 4 rings (SSSR count). The van der Waals surface area contributed by atoms with Crippen molar-refractivity contribution in [3.63, 3.8) is 0 Å². The van der Waals surface area contributed by atoms with Gasteiger partial charge in [-0.25, -0.2) is 0 Å². The summed E-state index contributed by atoms with van der Waals surface area (Å²) in [6, 6.07) is 5.91. The average Bonchev–Trinajstić information content (AvgIpc) is 3.14. The summed E-state index contributed by atoms with van der Waals surface area (Å²) in [5, 5.41) is 4.06. The number of amides is 1. The second-order valence-corrected chi connectivity index (χ2v) is 7.66. The molecule has 0 bridgehead atoms. The highest BCUT2D eigenvalue weighted by molar-refractivity contribution is 9.10. The molecule has 7 heteroatoms. The normalized spacial score (nSPS) is 22.7. The Balaban J connectivity index is 1.54. The molecule has 1 aromatic carbocycles. The van der Waals surface area contributed by atoms with Gasteiger partial charge in [-0.1, -0.05) is 21.1 Å². The van der Waals surface area contributed by atoms with Gasteiger partial charge in [0.1, 0.15) is 0 Å². The summed E-state index contributed by atoms with van der Waals surface area (Å²) in [5.41, 5.74) is 7.80. The number of hydrogen-bond donors (Lipinski definition) is 1. The van der Waals surface area contributed by atoms with E-state index in [1.54, 1.807) is 4.90 Å². The van der Waals surface area contributed by atoms with E-state index in [4.69, 9.17) is 10.3 Å². The van der Waals surface area contributed by atoms with Gasteiger partial charge in [-0.15, -0.1) is 0 Å². The highest BCUT2D eigenvalue weighted by Gasteiger charge is 2.41. The maximum Gasteiger partial charge on any atom is 0.232 e. The van der Waals surface area contributed by atoms with Crippen LogP contribution in [0.5, 0.6) is 0 Å². The number of benzene rings is 1. The van der Waals surface area contributed by atoms with Crippen molar-refractivity contribution < 1.29 is 9.32 Å². The minimum Gasteiger partial charge on any atom is -0.339 e. The smallest absolute Gasteiger partial charge is 0.232 e. The van der Waals surface area contributed by atoms with E-state index in [2.05, 4.69) is 26.1 Å². The van der Waals surface area contributed by atoms with E-state index in [1.165, 1.54) is 0 Å². The van der Waals surface area contributed by atoms with E-state index in [0.29, 0.717) is 24.7 Å². The summed E-state index contributed by atoms with van der Waals surface area (Å²) in [6.07, 6.45) is 3.26. The highest BCUT2D eigenvalue weighted by atomic mass is 79.9. The summed E-state index contributed by atoms with van der Waals surface area (Å²) in [7, 11) is 0. The lowest BCUT2D eigenvalue weighted by atomic mass is 9.77. The van der Waals surface area contributed by atoms with Crippen molar-refractivity contribution in [3.8, 4) is 0 Å². The van der Waals surface area contributed by atoms with E-state index >= 15 is 0 Å². The fourth-order valence-corrected chi connectivity index (χ4v) is 3.55. The quantitative estimate of drug-likeness (QED) is 0.870. The molecule has 2 N–H and O–H groups in total. The first-order chi connectivity index (χ1) is 11.5. The van der Waals surface area contributed by atoms with Crippen molar-refractivity contribution in [2.24, 2.45) is 5.73 Å². The van der Waals surface area contributed by atoms with Crippen LogP contribution in [0, 0.1) is 6.92 Å². The van der Waals surface area contributed by atoms with Crippen LogP contribution in [0.15, 0.2) is 27.2 Å². The first kappa shape index (κ1) is 15.8. The third-order valence-electron chi connectivity index (χ3n) is 5.06. The molecular weight excluding hydrogens is 372 g/mol. The summed E-state index contributed by atoms with van der Waals surface area (Å²) >= 11 is 3.49. The predicted octanol–water partition coefficient (Wildman–Crippen LogP) is 3.00. The van der Waals surface area contributed by atoms with Crippen LogP contribution in [0.4, 0.5) is 5.69 Å². The number of anilines is 1. The number of rotatable bonds is 3. The SMILES string of the molecule is Cc1cc(N2CC(c3nc(C4(N)CCC4)no3)CC2=O)ccc1Br. The van der Waals surface area contributed by atoms with Gasteiger partial charge >= 0.3 is 0 Å². The minimum atomic E-state index is -0.438. The van der Waals surface area contributed by atoms with Crippen LogP contribution >= 0.6 is 15.9 Å². The Hall–Kier alpha value is -1.73. The lowest BCUT2D eigenvalue weighted by Crippen LogP contribution is -2.44. The molecule has 0 radical (unpaired) electrons. The number of halogens is 1. The maximum atomic E-state index is 12.4. The van der Waals surface area contributed by atoms with E-state index in [0.717, 1.165) is 35.0 Å². The van der Waals surface area contributed by atoms with Crippen molar-refractivity contribution >= 4 is 27.5 Å². The zero-order chi connectivity index (χ0) is 16.9. The van der Waals surface area contributed by atoms with E-state index in [-0.39, 0.29) is 11.8 Å². The number of carbonyl (C=O) groups is 1. The molecule has 1 amide bonds. The van der Waals surface area contributed by atoms with Gasteiger partial charge in [0.15, 0.2) is 5.82 Å². The summed E-state index contributed by atoms with van der Waals surface area (Å²) in [4.78, 5) is 18.7. The third-order valence-corrected chi connectivity index (χ3v) is 5.95. The Morgan fingerprint density at radius 3 is 2.88 bits per heavy atom. The Kier molecular flexibility index (Phi) is 3.73. The van der Waals surface area contributed by atoms with Crippen LogP contribution < -0.4 is 10.6 Å². The number of nitrogens with zero attached hydrogens (tertiary/aromatic N) is 3. The maximum absolute atomic E-state index is 12.4. The van der Waals surface area contributed by atoms with E-state index < -0.39 is 5.54 Å². The van der Waals surface area contributed by atoms with Gasteiger partial charge in [0.2, 0.25) is 11.8 Å². The monoisotopic (exact) mass is 390 g/mol. The molecule has 24 heavy (non-hydrogen) atoms. The zero-order valence-electron chi connectivity index (χ0n) is 13.5. The van der Waals surface area contributed by atoms with Crippen LogP contribution in [0.2, 0.25) is 0 Å². The zero-order valence-corrected chi connectivity index (χ0v) is 15.0. The molecule has 0 spiro atoms. The molecule has 1 atom stereocenters. The fourth-order valence-electron chi connectivity index (χ4n) is 3.30. The fraction of sp³-hybridized carbons (Fsp3) is 0.471. The summed E-state index contributed by atoms with van der Waals surface area (Å²) in [6.45, 7) is 2.56. The Morgan fingerprint density at radius 1 is 1.42 bits per heavy atom. The van der Waals surface area contributed by atoms with E-state index in [9.17, 15) is 4.79 Å². The lowest BCUT2D eigenvalue weighted by Gasteiger charge is -2.34. The molecule has 2 aliphatic rings. The van der Waals surface area contributed by atoms with Crippen molar-refractivity contribution in [3.05, 3.63) is 40.0 Å². The minimum absolute atomic E-state index is 0.0765. The first-order valence-corrected chi connectivity index (χ1v) is 8.95. The van der Waals surface area contributed by atoms with Crippen molar-refractivity contribution in [1.82, 2.24) is 10.1 Å². The largest absolute Gasteiger partial charge is 0.339 e. The van der Waals surface area contributed by atoms with Crippen molar-refractivity contribution in [2.45, 2.75) is 44.1 Å². The predicted molar refractivity (Wildman–Crippen MR) is 92.6 cm³/mol. The third kappa shape index (κ3) is 2.56. The van der Waals surface area contributed by atoms with Gasteiger partial charge in [0, 0.05) is 23.1 Å². The van der Waals surface area contributed by atoms with Gasteiger partial charge in [-0.05, 0) is 49.9 Å². The highest BCUT2D eigenvalue weighted by Crippen LogP contribution is 2.38. The molecule has 126 valence electrons. The molecular formula is C17H19BrN4O2. The Bertz CT molecular complexity index is 800. The Morgan fingerprint density at radius 2 is 2.21 bits per heavy atom. The van der Waals surface area contributed by atoms with Gasteiger partial charge in [0.25, 0.3) is 0 Å². The van der Waals surface area contributed by atoms with Gasteiger partial charge < -0.3 is 15.2 Å². The van der Waals surface area contributed by atoms with Crippen LogP contribution in [0.3, 0.4) is 0 Å². The molecule has 2 aromatic rings. The molecule has 2 fully saturated rings. The van der Waals surface area contributed by atoms with Crippen LogP contribution in [-0.2, 0) is 10.3 Å². The number of aromatic nitrogens is 2. The van der Waals surface area contributed by atoms with Crippen LogP contribution in [0.25, 0.3) is 0 Å². The second-order valence-electron chi connectivity index (χ2n) is 6.80. The molecule has 2 heterocycles. The van der Waals surface area contributed by atoms with Crippen molar-refractivity contribution in [1.29, 1.82) is 0 Å². The van der Waals surface area contributed by atoms with Gasteiger partial charge in [-0.3, -0.25) is 4.79 Å². The van der Waals surface area contributed by atoms with Gasteiger partial charge in [0.05, 0.1) is 11.5 Å². The molecule has 6 nitrogen and oxygen atoms in total. The first-order valence-electron chi connectivity index (χ1n) is 8.16. The number of hydrogen-bond acceptors (Lipinski definition) is 5. The summed E-state index contributed by atoms with van der Waals surface area (Å²) < 4.78 is 6.45. The molecule has 1 saturated heterocycles. The molecule has 1 aliphatic heterocycles. The van der Waals surface area contributed by atoms with Crippen LogP contribution in [0.1, 0.15) is 48.9 Å². The van der Waals surface area contributed by atoms with Crippen molar-refractivity contribution in [2.75, 3.05) is 11.4 Å². The van der Waals surface area contributed by atoms with Gasteiger partial charge in [-0.2, -0.15) is 4.98 Å². The topological polar surface area (TPSA) is 85.2 Å². The number of aryl methyl sites for hydroxylation is 1.